The monoisotopic (exact) mass is 541 g/mol. The Bertz CT molecular complexity index is 1490. The number of amides is 2. The summed E-state index contributed by atoms with van der Waals surface area (Å²) in [7, 11) is 3.13. The number of carbonyl (C=O) groups excluding carboxylic acids is 2. The van der Waals surface area contributed by atoms with Crippen LogP contribution in [0.1, 0.15) is 49.8 Å². The first-order chi connectivity index (χ1) is 19.5. The standard InChI is InChI=1S/C31H35N5O4/c1-4-21-11-5-9-15-26(21)36(29(37)20-35-27-16-10-8-14-25(27)33-34-35)30(31(38)32-22-12-6-7-13-22)24-19-23(39-2)17-18-28(24)40-3/h5,8-11,14-19,22,30H,4,6-7,12-13,20H2,1-3H3,(H,32,38). The third kappa shape index (κ3) is 5.50. The van der Waals surface area contributed by atoms with Gasteiger partial charge in [0.05, 0.1) is 19.7 Å². The second kappa shape index (κ2) is 12.2. The number of hydrogen-bond donors (Lipinski definition) is 1. The number of aryl methyl sites for hydroxylation is 1. The van der Waals surface area contributed by atoms with E-state index < -0.39 is 6.04 Å². The van der Waals surface area contributed by atoms with Crippen molar-refractivity contribution in [3.8, 4) is 11.5 Å². The van der Waals surface area contributed by atoms with Gasteiger partial charge in [-0.3, -0.25) is 14.5 Å². The van der Waals surface area contributed by atoms with Gasteiger partial charge in [0.2, 0.25) is 11.8 Å². The molecule has 5 rings (SSSR count). The second-order valence-corrected chi connectivity index (χ2v) is 9.98. The number of ether oxygens (including phenoxy) is 2. The van der Waals surface area contributed by atoms with Crippen molar-refractivity contribution in [2.24, 2.45) is 0 Å². The minimum Gasteiger partial charge on any atom is -0.497 e. The van der Waals surface area contributed by atoms with E-state index in [1.807, 2.05) is 55.5 Å². The molecule has 0 spiro atoms. The quantitative estimate of drug-likeness (QED) is 0.308. The molecule has 208 valence electrons. The Balaban J connectivity index is 1.66. The zero-order valence-electron chi connectivity index (χ0n) is 23.2. The number of nitrogens with one attached hydrogen (secondary N) is 1. The average molecular weight is 542 g/mol. The maximum absolute atomic E-state index is 14.4. The molecular formula is C31H35N5O4. The largest absolute Gasteiger partial charge is 0.497 e. The van der Waals surface area contributed by atoms with Gasteiger partial charge in [-0.25, -0.2) is 4.68 Å². The molecule has 9 heteroatoms. The molecule has 2 amide bonds. The van der Waals surface area contributed by atoms with Gasteiger partial charge in [0.15, 0.2) is 0 Å². The highest BCUT2D eigenvalue weighted by Crippen LogP contribution is 2.38. The van der Waals surface area contributed by atoms with Crippen LogP contribution in [-0.2, 0) is 22.6 Å². The SMILES string of the molecule is CCc1ccccc1N(C(=O)Cn1nnc2ccccc21)C(C(=O)NC1CCCC1)c1cc(OC)ccc1OC. The highest BCUT2D eigenvalue weighted by Gasteiger charge is 2.37. The molecule has 1 fully saturated rings. The smallest absolute Gasteiger partial charge is 0.249 e. The van der Waals surface area contributed by atoms with Crippen LogP contribution in [0.5, 0.6) is 11.5 Å². The predicted octanol–water partition coefficient (Wildman–Crippen LogP) is 4.84. The summed E-state index contributed by atoms with van der Waals surface area (Å²) >= 11 is 0. The maximum Gasteiger partial charge on any atom is 0.249 e. The van der Waals surface area contributed by atoms with Crippen molar-refractivity contribution >= 4 is 28.5 Å². The normalized spacial score (nSPS) is 14.2. The highest BCUT2D eigenvalue weighted by molar-refractivity contribution is 6.02. The van der Waals surface area contributed by atoms with Gasteiger partial charge in [-0.2, -0.15) is 0 Å². The zero-order chi connectivity index (χ0) is 28.1. The molecule has 1 heterocycles. The Morgan fingerprint density at radius 3 is 2.52 bits per heavy atom. The molecule has 1 N–H and O–H groups in total. The van der Waals surface area contributed by atoms with Crippen molar-refractivity contribution < 1.29 is 19.1 Å². The molecule has 3 aromatic carbocycles. The molecule has 0 bridgehead atoms. The van der Waals surface area contributed by atoms with Gasteiger partial charge >= 0.3 is 0 Å². The van der Waals surface area contributed by atoms with Crippen molar-refractivity contribution in [1.29, 1.82) is 0 Å². The third-order valence-electron chi connectivity index (χ3n) is 7.55. The summed E-state index contributed by atoms with van der Waals surface area (Å²) in [6.07, 6.45) is 4.65. The van der Waals surface area contributed by atoms with E-state index in [1.165, 1.54) is 0 Å². The van der Waals surface area contributed by atoms with Gasteiger partial charge in [-0.1, -0.05) is 55.3 Å². The maximum atomic E-state index is 14.4. The van der Waals surface area contributed by atoms with Gasteiger partial charge in [0.1, 0.15) is 29.6 Å². The molecular weight excluding hydrogens is 506 g/mol. The van der Waals surface area contributed by atoms with E-state index in [-0.39, 0.29) is 24.4 Å². The van der Waals surface area contributed by atoms with Crippen LogP contribution in [0.3, 0.4) is 0 Å². The number of carbonyl (C=O) groups is 2. The van der Waals surface area contributed by atoms with E-state index >= 15 is 0 Å². The van der Waals surface area contributed by atoms with E-state index in [4.69, 9.17) is 9.47 Å². The van der Waals surface area contributed by atoms with Crippen LogP contribution >= 0.6 is 0 Å². The summed E-state index contributed by atoms with van der Waals surface area (Å²) in [4.78, 5) is 30.3. The highest BCUT2D eigenvalue weighted by atomic mass is 16.5. The molecule has 1 atom stereocenters. The number of para-hydroxylation sites is 2. The first-order valence-electron chi connectivity index (χ1n) is 13.7. The first-order valence-corrected chi connectivity index (χ1v) is 13.7. The molecule has 0 radical (unpaired) electrons. The summed E-state index contributed by atoms with van der Waals surface area (Å²) in [5.74, 6) is 0.493. The molecule has 40 heavy (non-hydrogen) atoms. The van der Waals surface area contributed by atoms with Crippen molar-refractivity contribution in [2.45, 2.75) is 57.7 Å². The van der Waals surface area contributed by atoms with Crippen LogP contribution in [0.2, 0.25) is 0 Å². The van der Waals surface area contributed by atoms with Crippen LogP contribution in [0.4, 0.5) is 5.69 Å². The summed E-state index contributed by atoms with van der Waals surface area (Å²) < 4.78 is 12.8. The number of fused-ring (bicyclic) bond motifs is 1. The van der Waals surface area contributed by atoms with Crippen molar-refractivity contribution in [1.82, 2.24) is 20.3 Å². The summed E-state index contributed by atoms with van der Waals surface area (Å²) in [6.45, 7) is 1.93. The van der Waals surface area contributed by atoms with Gasteiger partial charge in [0.25, 0.3) is 0 Å². The van der Waals surface area contributed by atoms with Gasteiger partial charge in [-0.05, 0) is 61.2 Å². The Labute approximate surface area is 234 Å². The van der Waals surface area contributed by atoms with Crippen LogP contribution in [0.15, 0.2) is 66.7 Å². The zero-order valence-corrected chi connectivity index (χ0v) is 23.2. The number of anilines is 1. The minimum absolute atomic E-state index is 0.0595. The van der Waals surface area contributed by atoms with Crippen molar-refractivity contribution in [2.75, 3.05) is 19.1 Å². The number of methoxy groups -OCH3 is 2. The van der Waals surface area contributed by atoms with Gasteiger partial charge in [-0.15, -0.1) is 5.10 Å². The number of benzene rings is 3. The topological polar surface area (TPSA) is 98.6 Å². The summed E-state index contributed by atoms with van der Waals surface area (Å²) in [5.41, 5.74) is 3.59. The van der Waals surface area contributed by atoms with E-state index in [1.54, 1.807) is 42.0 Å². The lowest BCUT2D eigenvalue weighted by atomic mass is 9.99. The molecule has 0 aliphatic heterocycles. The lowest BCUT2D eigenvalue weighted by Gasteiger charge is -2.34. The van der Waals surface area contributed by atoms with E-state index in [0.717, 1.165) is 36.8 Å². The third-order valence-corrected chi connectivity index (χ3v) is 7.55. The van der Waals surface area contributed by atoms with Crippen LogP contribution in [0, 0.1) is 0 Å². The fourth-order valence-electron chi connectivity index (χ4n) is 5.50. The summed E-state index contributed by atoms with van der Waals surface area (Å²) in [5, 5.41) is 11.7. The fourth-order valence-corrected chi connectivity index (χ4v) is 5.50. The van der Waals surface area contributed by atoms with Gasteiger partial charge in [0, 0.05) is 17.3 Å². The van der Waals surface area contributed by atoms with Crippen LogP contribution < -0.4 is 19.7 Å². The first kappa shape index (κ1) is 27.2. The Morgan fingerprint density at radius 1 is 1.02 bits per heavy atom. The fraction of sp³-hybridized carbons (Fsp3) is 0.355. The molecule has 4 aromatic rings. The Hall–Kier alpha value is -4.40. The molecule has 9 nitrogen and oxygen atoms in total. The number of nitrogens with zero attached hydrogens (tertiary/aromatic N) is 4. The van der Waals surface area contributed by atoms with Crippen molar-refractivity contribution in [3.05, 3.63) is 77.9 Å². The number of aromatic nitrogens is 3. The predicted molar refractivity (Wildman–Crippen MR) is 154 cm³/mol. The minimum atomic E-state index is -1.01. The Morgan fingerprint density at radius 2 is 1.77 bits per heavy atom. The molecule has 0 saturated heterocycles. The lowest BCUT2D eigenvalue weighted by molar-refractivity contribution is -0.127. The second-order valence-electron chi connectivity index (χ2n) is 9.98. The van der Waals surface area contributed by atoms with Gasteiger partial charge < -0.3 is 14.8 Å². The van der Waals surface area contributed by atoms with E-state index in [9.17, 15) is 9.59 Å². The molecule has 1 unspecified atom stereocenters. The molecule has 1 aromatic heterocycles. The van der Waals surface area contributed by atoms with E-state index in [0.29, 0.717) is 34.7 Å². The Kier molecular flexibility index (Phi) is 8.28. The van der Waals surface area contributed by atoms with Crippen molar-refractivity contribution in [3.63, 3.8) is 0 Å². The van der Waals surface area contributed by atoms with Crippen LogP contribution in [0.25, 0.3) is 11.0 Å². The summed E-state index contributed by atoms with van der Waals surface area (Å²) in [6, 6.07) is 19.6. The lowest BCUT2D eigenvalue weighted by Crippen LogP contribution is -2.47. The molecule has 1 aliphatic rings. The number of hydrogen-bond acceptors (Lipinski definition) is 6. The molecule has 1 saturated carbocycles. The van der Waals surface area contributed by atoms with Crippen LogP contribution in [-0.4, -0.2) is 47.1 Å². The van der Waals surface area contributed by atoms with E-state index in [2.05, 4.69) is 15.6 Å². The molecule has 1 aliphatic carbocycles. The number of rotatable bonds is 10. The average Bonchev–Trinajstić information content (AvgIpc) is 3.65.